The number of aromatic nitrogens is 2. The molecular formula is C34H44F3N7O5. The first-order chi connectivity index (χ1) is 23.3. The van der Waals surface area contributed by atoms with Crippen LogP contribution >= 0.6 is 0 Å². The van der Waals surface area contributed by atoms with Gasteiger partial charge in [-0.1, -0.05) is 45.3 Å². The Balaban J connectivity index is 1.54. The molecule has 0 spiro atoms. The molecule has 49 heavy (non-hydrogen) atoms. The summed E-state index contributed by atoms with van der Waals surface area (Å²) in [5.74, 6) is -9.48. The van der Waals surface area contributed by atoms with E-state index in [1.807, 2.05) is 7.05 Å². The van der Waals surface area contributed by atoms with Crippen molar-refractivity contribution < 1.29 is 37.1 Å². The van der Waals surface area contributed by atoms with E-state index in [0.717, 1.165) is 50.2 Å². The predicted octanol–water partition coefficient (Wildman–Crippen LogP) is 3.36. The van der Waals surface area contributed by atoms with E-state index in [2.05, 4.69) is 37.4 Å². The smallest absolute Gasteiger partial charge is 0.352 e. The lowest BCUT2D eigenvalue weighted by molar-refractivity contribution is -0.149. The molecule has 3 atom stereocenters. The molecule has 1 aromatic carbocycles. The van der Waals surface area contributed by atoms with Crippen molar-refractivity contribution in [1.29, 1.82) is 0 Å². The van der Waals surface area contributed by atoms with Crippen molar-refractivity contribution in [1.82, 2.24) is 30.4 Å². The molecule has 0 bridgehead atoms. The van der Waals surface area contributed by atoms with Crippen LogP contribution in [0.1, 0.15) is 62.5 Å². The quantitative estimate of drug-likeness (QED) is 0.228. The number of methoxy groups -OCH3 is 1. The Hall–Kier alpha value is -4.53. The summed E-state index contributed by atoms with van der Waals surface area (Å²) in [6.45, 7) is 7.43. The Morgan fingerprint density at radius 2 is 1.65 bits per heavy atom. The van der Waals surface area contributed by atoms with Gasteiger partial charge in [-0.3, -0.25) is 19.2 Å². The molecule has 266 valence electrons. The average molecular weight is 688 g/mol. The monoisotopic (exact) mass is 687 g/mol. The van der Waals surface area contributed by atoms with E-state index in [1.54, 1.807) is 11.8 Å². The average Bonchev–Trinajstić information content (AvgIpc) is 3.39. The van der Waals surface area contributed by atoms with Gasteiger partial charge in [-0.15, -0.1) is 0 Å². The predicted molar refractivity (Wildman–Crippen MR) is 175 cm³/mol. The Labute approximate surface area is 283 Å². The summed E-state index contributed by atoms with van der Waals surface area (Å²) in [7, 11) is 3.22. The number of benzene rings is 1. The summed E-state index contributed by atoms with van der Waals surface area (Å²) in [5.41, 5.74) is -0.640. The largest absolute Gasteiger partial charge is 0.467 e. The molecule has 1 aromatic heterocycles. The number of amides is 4. The molecule has 2 heterocycles. The van der Waals surface area contributed by atoms with Gasteiger partial charge in [0.25, 0.3) is 5.91 Å². The van der Waals surface area contributed by atoms with Gasteiger partial charge < -0.3 is 30.5 Å². The number of rotatable bonds is 12. The van der Waals surface area contributed by atoms with Gasteiger partial charge in [-0.25, -0.2) is 14.4 Å². The van der Waals surface area contributed by atoms with Gasteiger partial charge in [0.05, 0.1) is 18.4 Å². The topological polar surface area (TPSA) is 146 Å². The van der Waals surface area contributed by atoms with Crippen molar-refractivity contribution in [3.63, 3.8) is 0 Å². The minimum Gasteiger partial charge on any atom is -0.467 e. The van der Waals surface area contributed by atoms with Crippen LogP contribution in [0, 0.1) is 11.7 Å². The highest BCUT2D eigenvalue weighted by atomic mass is 19.3. The van der Waals surface area contributed by atoms with Gasteiger partial charge in [0.1, 0.15) is 17.9 Å². The minimum atomic E-state index is -4.07. The molecule has 1 aliphatic carbocycles. The number of piperazine rings is 1. The first-order valence-electron chi connectivity index (χ1n) is 16.4. The van der Waals surface area contributed by atoms with Crippen LogP contribution in [0.2, 0.25) is 0 Å². The number of nitrogens with zero attached hydrogens (tertiary/aromatic N) is 4. The van der Waals surface area contributed by atoms with Crippen LogP contribution in [0.5, 0.6) is 6.01 Å². The van der Waals surface area contributed by atoms with Crippen molar-refractivity contribution in [3.05, 3.63) is 60.2 Å². The van der Waals surface area contributed by atoms with Crippen molar-refractivity contribution in [2.24, 2.45) is 5.92 Å². The van der Waals surface area contributed by atoms with E-state index in [1.165, 1.54) is 19.2 Å². The van der Waals surface area contributed by atoms with E-state index in [9.17, 15) is 19.2 Å². The number of ether oxygens (including phenoxy) is 1. The molecule has 3 N–H and O–H groups in total. The number of nitrogens with one attached hydrogen (secondary N) is 3. The number of carbonyl (C=O) groups excluding carboxylic acids is 4. The Morgan fingerprint density at radius 3 is 2.22 bits per heavy atom. The standard InChI is InChI=1S/C34H44F3N7O5/c1-5-27(45)41-28(31(47)44-16-14-43(3)15-17-44)21(2)23-12-13-26(25(35)18-23)40-30(46)29(22-10-8-6-7-9-11-22)42-32(48)34(36,37)24-19-38-33(49-4)39-20-24/h5,12-13,18-22,28-29H,1,6-11,14-17H2,2-4H3,(H,40,46)(H,41,45)(H,42,48)/t21-,28+,29-/m0/s1. The van der Waals surface area contributed by atoms with Gasteiger partial charge in [-0.2, -0.15) is 8.78 Å². The Morgan fingerprint density at radius 1 is 1.02 bits per heavy atom. The first-order valence-corrected chi connectivity index (χ1v) is 16.4. The summed E-state index contributed by atoms with van der Waals surface area (Å²) >= 11 is 0. The second kappa shape index (κ2) is 16.7. The lowest BCUT2D eigenvalue weighted by Gasteiger charge is -2.36. The van der Waals surface area contributed by atoms with Crippen LogP contribution < -0.4 is 20.7 Å². The number of anilines is 1. The van der Waals surface area contributed by atoms with E-state index >= 15 is 13.2 Å². The summed E-state index contributed by atoms with van der Waals surface area (Å²) in [5, 5.41) is 7.38. The maximum atomic E-state index is 15.6. The van der Waals surface area contributed by atoms with Crippen molar-refractivity contribution in [2.75, 3.05) is 45.7 Å². The number of hydrogen-bond acceptors (Lipinski definition) is 8. The fourth-order valence-corrected chi connectivity index (χ4v) is 6.14. The second-order valence-electron chi connectivity index (χ2n) is 12.6. The fourth-order valence-electron chi connectivity index (χ4n) is 6.14. The molecule has 2 fully saturated rings. The number of carbonyl (C=O) groups is 4. The summed E-state index contributed by atoms with van der Waals surface area (Å²) in [4.78, 5) is 63.4. The van der Waals surface area contributed by atoms with Gasteiger partial charge in [0, 0.05) is 44.5 Å². The molecule has 2 aromatic rings. The third-order valence-corrected chi connectivity index (χ3v) is 9.24. The SMILES string of the molecule is C=CC(=O)N[C@@H](C(=O)N1CCN(C)CC1)[C@@H](C)c1ccc(NC(=O)[C@@H](NC(=O)C(F)(F)c2cnc(OC)nc2)C2CCCCCC2)c(F)c1. The third-order valence-electron chi connectivity index (χ3n) is 9.24. The summed E-state index contributed by atoms with van der Waals surface area (Å²) in [6.07, 6.45) is 6.90. The van der Waals surface area contributed by atoms with Crippen molar-refractivity contribution in [3.8, 4) is 6.01 Å². The van der Waals surface area contributed by atoms with Crippen molar-refractivity contribution >= 4 is 29.3 Å². The normalized spacial score (nSPS) is 18.0. The molecule has 15 heteroatoms. The second-order valence-corrected chi connectivity index (χ2v) is 12.6. The molecule has 0 radical (unpaired) electrons. The molecule has 4 amide bonds. The molecule has 1 aliphatic heterocycles. The van der Waals surface area contributed by atoms with Gasteiger partial charge in [-0.05, 0) is 49.6 Å². The van der Waals surface area contributed by atoms with Crippen molar-refractivity contribution in [2.45, 2.75) is 69.4 Å². The molecular weight excluding hydrogens is 643 g/mol. The highest BCUT2D eigenvalue weighted by Gasteiger charge is 2.45. The summed E-state index contributed by atoms with van der Waals surface area (Å²) < 4.78 is 50.9. The molecule has 4 rings (SSSR count). The minimum absolute atomic E-state index is 0.156. The highest BCUT2D eigenvalue weighted by Crippen LogP contribution is 2.31. The molecule has 12 nitrogen and oxygen atoms in total. The number of alkyl halides is 2. The van der Waals surface area contributed by atoms with Crippen LogP contribution in [-0.2, 0) is 25.1 Å². The number of hydrogen-bond donors (Lipinski definition) is 3. The molecule has 0 unspecified atom stereocenters. The number of likely N-dealkylation sites (N-methyl/N-ethyl adjacent to an activating group) is 1. The first kappa shape index (κ1) is 37.3. The molecule has 1 saturated heterocycles. The third kappa shape index (κ3) is 9.34. The fraction of sp³-hybridized carbons (Fsp3) is 0.529. The maximum absolute atomic E-state index is 15.6. The van der Waals surface area contributed by atoms with Gasteiger partial charge in [0.15, 0.2) is 0 Å². The van der Waals surface area contributed by atoms with Gasteiger partial charge >= 0.3 is 11.9 Å². The zero-order valence-corrected chi connectivity index (χ0v) is 28.0. The van der Waals surface area contributed by atoms with E-state index in [-0.39, 0.29) is 17.6 Å². The maximum Gasteiger partial charge on any atom is 0.352 e. The van der Waals surface area contributed by atoms with Crippen LogP contribution in [0.25, 0.3) is 0 Å². The molecule has 2 aliphatic rings. The Kier molecular flexibility index (Phi) is 12.7. The van der Waals surface area contributed by atoms with Gasteiger partial charge in [0.2, 0.25) is 17.7 Å². The highest BCUT2D eigenvalue weighted by molar-refractivity contribution is 5.98. The molecule has 1 saturated carbocycles. The van der Waals surface area contributed by atoms with Crippen LogP contribution in [0.15, 0.2) is 43.2 Å². The lowest BCUT2D eigenvalue weighted by Crippen LogP contribution is -2.55. The zero-order chi connectivity index (χ0) is 35.7. The van der Waals surface area contributed by atoms with E-state index in [0.29, 0.717) is 44.6 Å². The van der Waals surface area contributed by atoms with Crippen LogP contribution in [0.4, 0.5) is 18.9 Å². The Bertz CT molecular complexity index is 1490. The van der Waals surface area contributed by atoms with E-state index in [4.69, 9.17) is 4.74 Å². The summed E-state index contributed by atoms with van der Waals surface area (Å²) in [6, 6.07) is 1.43. The van der Waals surface area contributed by atoms with E-state index < -0.39 is 58.9 Å². The van der Waals surface area contributed by atoms with Crippen LogP contribution in [-0.4, -0.2) is 95.8 Å². The van der Waals surface area contributed by atoms with Crippen LogP contribution in [0.3, 0.4) is 0 Å². The number of halogens is 3. The lowest BCUT2D eigenvalue weighted by atomic mass is 9.90. The zero-order valence-electron chi connectivity index (χ0n) is 28.0.